The molecule has 4 aromatic rings. The number of aromatic nitrogens is 2. The number of benzene rings is 2. The van der Waals surface area contributed by atoms with E-state index in [0.29, 0.717) is 40.4 Å². The van der Waals surface area contributed by atoms with Gasteiger partial charge in [-0.2, -0.15) is 4.31 Å². The molecular formula is C27H27ClN4O3S2. The van der Waals surface area contributed by atoms with Crippen LogP contribution in [0.1, 0.15) is 41.4 Å². The highest BCUT2D eigenvalue weighted by Crippen LogP contribution is 2.35. The van der Waals surface area contributed by atoms with Crippen molar-refractivity contribution < 1.29 is 13.2 Å². The third-order valence-electron chi connectivity index (χ3n) is 6.62. The van der Waals surface area contributed by atoms with E-state index in [1.165, 1.54) is 23.5 Å². The van der Waals surface area contributed by atoms with Gasteiger partial charge in [-0.05, 0) is 79.8 Å². The van der Waals surface area contributed by atoms with Gasteiger partial charge in [0, 0.05) is 29.9 Å². The average molecular weight is 555 g/mol. The number of amides is 1. The zero-order valence-corrected chi connectivity index (χ0v) is 23.0. The van der Waals surface area contributed by atoms with Crippen molar-refractivity contribution in [2.75, 3.05) is 18.0 Å². The smallest absolute Gasteiger partial charge is 0.260 e. The molecular weight excluding hydrogens is 528 g/mol. The number of aryl methyl sites for hydroxylation is 1. The van der Waals surface area contributed by atoms with Gasteiger partial charge in [-0.25, -0.2) is 13.4 Å². The summed E-state index contributed by atoms with van der Waals surface area (Å²) >= 11 is 7.70. The first-order chi connectivity index (χ1) is 17.7. The first-order valence-corrected chi connectivity index (χ1v) is 14.7. The van der Waals surface area contributed by atoms with Crippen LogP contribution >= 0.6 is 22.9 Å². The lowest BCUT2D eigenvalue weighted by molar-refractivity contribution is 0.0984. The predicted molar refractivity (Wildman–Crippen MR) is 148 cm³/mol. The monoisotopic (exact) mass is 554 g/mol. The van der Waals surface area contributed by atoms with Crippen molar-refractivity contribution in [1.82, 2.24) is 14.3 Å². The minimum absolute atomic E-state index is 0.194. The molecule has 0 aliphatic carbocycles. The Morgan fingerprint density at radius 3 is 2.65 bits per heavy atom. The molecule has 2 aromatic heterocycles. The Labute approximate surface area is 225 Å². The molecule has 1 amide bonds. The molecule has 0 N–H and O–H groups in total. The molecule has 1 fully saturated rings. The summed E-state index contributed by atoms with van der Waals surface area (Å²) in [6, 6.07) is 15.4. The molecule has 0 bridgehead atoms. The van der Waals surface area contributed by atoms with Crippen LogP contribution in [0.5, 0.6) is 0 Å². The van der Waals surface area contributed by atoms with E-state index in [4.69, 9.17) is 16.6 Å². The topological polar surface area (TPSA) is 83.5 Å². The van der Waals surface area contributed by atoms with Gasteiger partial charge in [0.25, 0.3) is 5.91 Å². The summed E-state index contributed by atoms with van der Waals surface area (Å²) in [6.07, 6.45) is 3.57. The summed E-state index contributed by atoms with van der Waals surface area (Å²) in [5, 5.41) is 1.14. The minimum Gasteiger partial charge on any atom is -0.278 e. The lowest BCUT2D eigenvalue weighted by atomic mass is 10.0. The van der Waals surface area contributed by atoms with E-state index in [2.05, 4.69) is 11.9 Å². The van der Waals surface area contributed by atoms with Crippen molar-refractivity contribution in [3.8, 4) is 0 Å². The van der Waals surface area contributed by atoms with Crippen LogP contribution in [0, 0.1) is 12.8 Å². The second kappa shape index (κ2) is 10.5. The molecule has 1 aliphatic heterocycles. The third-order valence-corrected chi connectivity index (χ3v) is 9.95. The number of carbonyl (C=O) groups is 1. The van der Waals surface area contributed by atoms with Crippen molar-refractivity contribution in [2.45, 2.75) is 38.1 Å². The number of hydrogen-bond donors (Lipinski definition) is 0. The Morgan fingerprint density at radius 1 is 1.16 bits per heavy atom. The maximum Gasteiger partial charge on any atom is 0.260 e. The summed E-state index contributed by atoms with van der Waals surface area (Å²) in [7, 11) is -3.61. The van der Waals surface area contributed by atoms with Crippen molar-refractivity contribution in [3.05, 3.63) is 82.6 Å². The van der Waals surface area contributed by atoms with Crippen molar-refractivity contribution >= 4 is 54.2 Å². The summed E-state index contributed by atoms with van der Waals surface area (Å²) in [5.41, 5.74) is 2.69. The number of pyridine rings is 1. The fourth-order valence-corrected chi connectivity index (χ4v) is 7.30. The maximum absolute atomic E-state index is 13.8. The number of carbonyl (C=O) groups excluding carboxylic acids is 1. The Hall–Kier alpha value is -2.85. The van der Waals surface area contributed by atoms with Gasteiger partial charge in [0.2, 0.25) is 10.0 Å². The SMILES string of the molecule is Cc1c(Cl)ccc2sc(N(Cc3ccccn3)C(=O)c3ccc(S(=O)(=O)N4CCCC(C)C4)cc3)nc12. The normalized spacial score (nSPS) is 16.7. The average Bonchev–Trinajstić information content (AvgIpc) is 3.34. The zero-order chi connectivity index (χ0) is 26.2. The molecule has 1 aliphatic rings. The molecule has 1 atom stereocenters. The number of rotatable bonds is 6. The van der Waals surface area contributed by atoms with Gasteiger partial charge < -0.3 is 0 Å². The van der Waals surface area contributed by atoms with Crippen LogP contribution in [0.25, 0.3) is 10.2 Å². The molecule has 1 saturated heterocycles. The lowest BCUT2D eigenvalue weighted by Gasteiger charge is -2.30. The van der Waals surface area contributed by atoms with E-state index >= 15 is 0 Å². The molecule has 192 valence electrons. The number of sulfonamides is 1. The van der Waals surface area contributed by atoms with Gasteiger partial charge in [-0.1, -0.05) is 35.9 Å². The molecule has 2 aromatic carbocycles. The van der Waals surface area contributed by atoms with E-state index < -0.39 is 10.0 Å². The third kappa shape index (κ3) is 5.27. The number of anilines is 1. The van der Waals surface area contributed by atoms with E-state index in [1.54, 1.807) is 27.5 Å². The molecule has 0 radical (unpaired) electrons. The second-order valence-corrected chi connectivity index (χ2v) is 12.7. The van der Waals surface area contributed by atoms with Crippen molar-refractivity contribution in [3.63, 3.8) is 0 Å². The molecule has 10 heteroatoms. The van der Waals surface area contributed by atoms with Gasteiger partial charge in [-0.3, -0.25) is 14.7 Å². The fourth-order valence-electron chi connectivity index (χ4n) is 4.52. The quantitative estimate of drug-likeness (QED) is 0.295. The molecule has 1 unspecified atom stereocenters. The molecule has 3 heterocycles. The highest BCUT2D eigenvalue weighted by molar-refractivity contribution is 7.89. The number of piperidine rings is 1. The number of nitrogens with zero attached hydrogens (tertiary/aromatic N) is 4. The van der Waals surface area contributed by atoms with Gasteiger partial charge in [-0.15, -0.1) is 0 Å². The standard InChI is InChI=1S/C27H27ClN4O3S2/c1-18-6-5-15-31(16-18)37(34,35)22-10-8-20(9-11-22)26(33)32(17-21-7-3-4-14-29-21)27-30-25-19(2)23(28)12-13-24(25)36-27/h3-4,7-14,18H,5-6,15-17H2,1-2H3. The van der Waals surface area contributed by atoms with Crippen LogP contribution in [0.4, 0.5) is 5.13 Å². The number of hydrogen-bond acceptors (Lipinski definition) is 6. The largest absolute Gasteiger partial charge is 0.278 e. The maximum atomic E-state index is 13.8. The first-order valence-electron chi connectivity index (χ1n) is 12.1. The van der Waals surface area contributed by atoms with E-state index in [0.717, 1.165) is 28.6 Å². The summed E-state index contributed by atoms with van der Waals surface area (Å²) < 4.78 is 28.8. The number of fused-ring (bicyclic) bond motifs is 1. The highest BCUT2D eigenvalue weighted by atomic mass is 35.5. The van der Waals surface area contributed by atoms with Gasteiger partial charge >= 0.3 is 0 Å². The van der Waals surface area contributed by atoms with Crippen molar-refractivity contribution in [1.29, 1.82) is 0 Å². The Morgan fingerprint density at radius 2 is 1.95 bits per heavy atom. The zero-order valence-electron chi connectivity index (χ0n) is 20.6. The Bertz CT molecular complexity index is 1540. The Balaban J connectivity index is 1.48. The highest BCUT2D eigenvalue weighted by Gasteiger charge is 2.29. The van der Waals surface area contributed by atoms with Crippen LogP contribution in [0.15, 0.2) is 65.7 Å². The number of halogens is 1. The second-order valence-electron chi connectivity index (χ2n) is 9.36. The van der Waals surface area contributed by atoms with Crippen molar-refractivity contribution in [2.24, 2.45) is 5.92 Å². The Kier molecular flexibility index (Phi) is 7.31. The van der Waals surface area contributed by atoms with Crippen LogP contribution in [0.2, 0.25) is 5.02 Å². The van der Waals surface area contributed by atoms with Crippen LogP contribution in [-0.4, -0.2) is 41.7 Å². The molecule has 0 spiro atoms. The molecule has 0 saturated carbocycles. The minimum atomic E-state index is -3.61. The van der Waals surface area contributed by atoms with Crippen LogP contribution < -0.4 is 4.90 Å². The van der Waals surface area contributed by atoms with Gasteiger partial charge in [0.1, 0.15) is 0 Å². The summed E-state index contributed by atoms with van der Waals surface area (Å²) in [5.74, 6) is 0.0425. The lowest BCUT2D eigenvalue weighted by Crippen LogP contribution is -2.39. The first kappa shape index (κ1) is 25.8. The van der Waals surface area contributed by atoms with Crippen LogP contribution in [0.3, 0.4) is 0 Å². The predicted octanol–water partition coefficient (Wildman–Crippen LogP) is 5.92. The molecule has 5 rings (SSSR count). The van der Waals surface area contributed by atoms with Gasteiger partial charge in [0.15, 0.2) is 5.13 Å². The molecule has 7 nitrogen and oxygen atoms in total. The fraction of sp³-hybridized carbons (Fsp3) is 0.296. The van der Waals surface area contributed by atoms with E-state index in [9.17, 15) is 13.2 Å². The summed E-state index contributed by atoms with van der Waals surface area (Å²) in [4.78, 5) is 24.7. The summed E-state index contributed by atoms with van der Waals surface area (Å²) in [6.45, 7) is 5.23. The van der Waals surface area contributed by atoms with Gasteiger partial charge in [0.05, 0.1) is 27.4 Å². The van der Waals surface area contributed by atoms with Crippen LogP contribution in [-0.2, 0) is 16.6 Å². The van der Waals surface area contributed by atoms with E-state index in [1.807, 2.05) is 37.3 Å². The number of thiazole rings is 1. The van der Waals surface area contributed by atoms with E-state index in [-0.39, 0.29) is 17.3 Å². The molecule has 37 heavy (non-hydrogen) atoms.